The van der Waals surface area contributed by atoms with Crippen LogP contribution in [0.2, 0.25) is 5.02 Å². The van der Waals surface area contributed by atoms with Crippen LogP contribution in [0.25, 0.3) is 0 Å². The highest BCUT2D eigenvalue weighted by atomic mass is 35.5. The molecule has 0 bridgehead atoms. The summed E-state index contributed by atoms with van der Waals surface area (Å²) >= 11 is 5.96. The highest BCUT2D eigenvalue weighted by molar-refractivity contribution is 6.32. The van der Waals surface area contributed by atoms with Crippen LogP contribution < -0.4 is 10.1 Å². The van der Waals surface area contributed by atoms with E-state index in [0.29, 0.717) is 17.2 Å². The summed E-state index contributed by atoms with van der Waals surface area (Å²) in [4.78, 5) is 11.9. The molecule has 0 aliphatic carbocycles. The molecule has 0 saturated carbocycles. The molecular weight excluding hydrogens is 266 g/mol. The Hall–Kier alpha value is -1.26. The van der Waals surface area contributed by atoms with Crippen LogP contribution in [-0.2, 0) is 4.79 Å². The average Bonchev–Trinajstić information content (AvgIpc) is 2.38. The van der Waals surface area contributed by atoms with E-state index in [1.807, 2.05) is 6.92 Å². The summed E-state index contributed by atoms with van der Waals surface area (Å²) < 4.78 is 5.52. The van der Waals surface area contributed by atoms with Gasteiger partial charge in [-0.1, -0.05) is 23.7 Å². The molecule has 1 aromatic carbocycles. The summed E-state index contributed by atoms with van der Waals surface area (Å²) in [6.45, 7) is 3.71. The summed E-state index contributed by atoms with van der Waals surface area (Å²) in [5, 5.41) is 12.0. The highest BCUT2D eigenvalue weighted by Crippen LogP contribution is 2.24. The Morgan fingerprint density at radius 2 is 2.11 bits per heavy atom. The van der Waals surface area contributed by atoms with Crippen molar-refractivity contribution in [3.05, 3.63) is 29.3 Å². The van der Waals surface area contributed by atoms with Crippen molar-refractivity contribution in [1.29, 1.82) is 0 Å². The van der Waals surface area contributed by atoms with Gasteiger partial charge in [-0.15, -0.1) is 0 Å². The van der Waals surface area contributed by atoms with Gasteiger partial charge in [0, 0.05) is 12.6 Å². The number of aliphatic hydroxyl groups excluding tert-OH is 1. The van der Waals surface area contributed by atoms with Crippen LogP contribution >= 0.6 is 11.6 Å². The lowest BCUT2D eigenvalue weighted by molar-refractivity contribution is -0.127. The number of halogens is 1. The number of para-hydroxylation sites is 1. The second-order valence-electron chi connectivity index (χ2n) is 4.47. The van der Waals surface area contributed by atoms with Crippen LogP contribution in [-0.4, -0.2) is 29.8 Å². The van der Waals surface area contributed by atoms with Gasteiger partial charge in [0.05, 0.1) is 5.02 Å². The SMILES string of the molecule is CC(CCCO)NC(=O)C(C)Oc1ccccc1Cl. The number of ether oxygens (including phenoxy) is 1. The van der Waals surface area contributed by atoms with Crippen LogP contribution in [0.3, 0.4) is 0 Å². The van der Waals surface area contributed by atoms with Gasteiger partial charge in [-0.25, -0.2) is 0 Å². The fourth-order valence-corrected chi connectivity index (χ4v) is 1.79. The number of carbonyl (C=O) groups excluding carboxylic acids is 1. The van der Waals surface area contributed by atoms with Gasteiger partial charge in [-0.05, 0) is 38.8 Å². The molecule has 0 heterocycles. The third-order valence-corrected chi connectivity index (χ3v) is 3.01. The van der Waals surface area contributed by atoms with Gasteiger partial charge in [-0.2, -0.15) is 0 Å². The lowest BCUT2D eigenvalue weighted by Gasteiger charge is -2.19. The highest BCUT2D eigenvalue weighted by Gasteiger charge is 2.17. The zero-order valence-electron chi connectivity index (χ0n) is 11.2. The second kappa shape index (κ2) is 8.02. The topological polar surface area (TPSA) is 58.6 Å². The standard InChI is InChI=1S/C14H20ClNO3/c1-10(6-5-9-17)16-14(18)11(2)19-13-8-4-3-7-12(13)15/h3-4,7-8,10-11,17H,5-6,9H2,1-2H3,(H,16,18). The Bertz CT molecular complexity index is 411. The molecule has 5 heteroatoms. The van der Waals surface area contributed by atoms with Crippen LogP contribution in [0, 0.1) is 0 Å². The van der Waals surface area contributed by atoms with Crippen molar-refractivity contribution in [3.8, 4) is 5.75 Å². The minimum Gasteiger partial charge on any atom is -0.479 e. The zero-order chi connectivity index (χ0) is 14.3. The zero-order valence-corrected chi connectivity index (χ0v) is 12.0. The molecule has 1 amide bonds. The summed E-state index contributed by atoms with van der Waals surface area (Å²) in [5.74, 6) is 0.306. The maximum atomic E-state index is 11.9. The normalized spacial score (nSPS) is 13.7. The summed E-state index contributed by atoms with van der Waals surface area (Å²) in [6.07, 6.45) is 0.791. The molecule has 1 aromatic rings. The molecule has 0 saturated heterocycles. The molecule has 0 spiro atoms. The van der Waals surface area contributed by atoms with Gasteiger partial charge < -0.3 is 15.2 Å². The fraction of sp³-hybridized carbons (Fsp3) is 0.500. The first-order valence-electron chi connectivity index (χ1n) is 6.37. The molecule has 2 N–H and O–H groups in total. The lowest BCUT2D eigenvalue weighted by atomic mass is 10.2. The first kappa shape index (κ1) is 15.8. The van der Waals surface area contributed by atoms with Gasteiger partial charge in [-0.3, -0.25) is 4.79 Å². The van der Waals surface area contributed by atoms with E-state index in [4.69, 9.17) is 21.4 Å². The van der Waals surface area contributed by atoms with Gasteiger partial charge in [0.2, 0.25) is 0 Å². The lowest BCUT2D eigenvalue weighted by Crippen LogP contribution is -2.41. The Balaban J connectivity index is 2.47. The number of nitrogens with one attached hydrogen (secondary N) is 1. The molecular formula is C14H20ClNO3. The Labute approximate surface area is 118 Å². The third-order valence-electron chi connectivity index (χ3n) is 2.69. The minimum absolute atomic E-state index is 0.0111. The van der Waals surface area contributed by atoms with E-state index in [2.05, 4.69) is 5.32 Å². The van der Waals surface area contributed by atoms with E-state index in [-0.39, 0.29) is 18.6 Å². The fourth-order valence-electron chi connectivity index (χ4n) is 1.61. The van der Waals surface area contributed by atoms with Crippen LogP contribution in [0.4, 0.5) is 0 Å². The van der Waals surface area contributed by atoms with Gasteiger partial charge in [0.25, 0.3) is 5.91 Å². The van der Waals surface area contributed by atoms with Crippen molar-refractivity contribution in [1.82, 2.24) is 5.32 Å². The van der Waals surface area contributed by atoms with E-state index in [0.717, 1.165) is 6.42 Å². The molecule has 2 unspecified atom stereocenters. The molecule has 2 atom stereocenters. The summed E-state index contributed by atoms with van der Waals surface area (Å²) in [5.41, 5.74) is 0. The third kappa shape index (κ3) is 5.49. The van der Waals surface area contributed by atoms with Crippen molar-refractivity contribution in [2.75, 3.05) is 6.61 Å². The van der Waals surface area contributed by atoms with E-state index >= 15 is 0 Å². The van der Waals surface area contributed by atoms with Crippen molar-refractivity contribution in [2.45, 2.75) is 38.8 Å². The van der Waals surface area contributed by atoms with Gasteiger partial charge in [0.1, 0.15) is 5.75 Å². The van der Waals surface area contributed by atoms with E-state index < -0.39 is 6.10 Å². The molecule has 106 valence electrons. The number of hydrogen-bond donors (Lipinski definition) is 2. The van der Waals surface area contributed by atoms with Crippen molar-refractivity contribution in [3.63, 3.8) is 0 Å². The number of benzene rings is 1. The van der Waals surface area contributed by atoms with Crippen LogP contribution in [0.5, 0.6) is 5.75 Å². The number of rotatable bonds is 7. The number of aliphatic hydroxyl groups is 1. The molecule has 1 rings (SSSR count). The molecule has 0 radical (unpaired) electrons. The summed E-state index contributed by atoms with van der Waals surface area (Å²) in [6, 6.07) is 7.05. The van der Waals surface area contributed by atoms with E-state index in [1.54, 1.807) is 31.2 Å². The van der Waals surface area contributed by atoms with Crippen LogP contribution in [0.1, 0.15) is 26.7 Å². The molecule has 4 nitrogen and oxygen atoms in total. The monoisotopic (exact) mass is 285 g/mol. The Kier molecular flexibility index (Phi) is 6.67. The van der Waals surface area contributed by atoms with E-state index in [1.165, 1.54) is 0 Å². The summed E-state index contributed by atoms with van der Waals surface area (Å²) in [7, 11) is 0. The van der Waals surface area contributed by atoms with Gasteiger partial charge in [0.15, 0.2) is 6.10 Å². The van der Waals surface area contributed by atoms with E-state index in [9.17, 15) is 4.79 Å². The number of amides is 1. The van der Waals surface area contributed by atoms with Gasteiger partial charge >= 0.3 is 0 Å². The maximum absolute atomic E-state index is 11.9. The smallest absolute Gasteiger partial charge is 0.260 e. The number of hydrogen-bond acceptors (Lipinski definition) is 3. The minimum atomic E-state index is -0.614. The molecule has 0 fully saturated rings. The van der Waals surface area contributed by atoms with Crippen molar-refractivity contribution >= 4 is 17.5 Å². The van der Waals surface area contributed by atoms with Crippen molar-refractivity contribution < 1.29 is 14.6 Å². The molecule has 0 aliphatic rings. The quantitative estimate of drug-likeness (QED) is 0.809. The molecule has 0 aromatic heterocycles. The maximum Gasteiger partial charge on any atom is 0.260 e. The first-order chi connectivity index (χ1) is 9.04. The predicted octanol–water partition coefficient (Wildman–Crippen LogP) is 2.38. The Morgan fingerprint density at radius 3 is 2.74 bits per heavy atom. The number of carbonyl (C=O) groups is 1. The largest absolute Gasteiger partial charge is 0.479 e. The molecule has 0 aliphatic heterocycles. The predicted molar refractivity (Wildman–Crippen MR) is 75.5 cm³/mol. The van der Waals surface area contributed by atoms with Crippen LogP contribution in [0.15, 0.2) is 24.3 Å². The first-order valence-corrected chi connectivity index (χ1v) is 6.74. The molecule has 19 heavy (non-hydrogen) atoms. The van der Waals surface area contributed by atoms with Crippen molar-refractivity contribution in [2.24, 2.45) is 0 Å². The Morgan fingerprint density at radius 1 is 1.42 bits per heavy atom. The average molecular weight is 286 g/mol. The second-order valence-corrected chi connectivity index (χ2v) is 4.87.